The third-order valence-corrected chi connectivity index (χ3v) is 5.23. The second kappa shape index (κ2) is 7.00. The maximum atomic E-state index is 11.5. The molecule has 1 heterocycles. The van der Waals surface area contributed by atoms with Crippen molar-refractivity contribution >= 4 is 27.4 Å². The number of aromatic nitrogens is 1. The van der Waals surface area contributed by atoms with Gasteiger partial charge in [0.2, 0.25) is 10.0 Å². The zero-order valence-corrected chi connectivity index (χ0v) is 15.8. The van der Waals surface area contributed by atoms with E-state index in [1.807, 2.05) is 30.5 Å². The second-order valence-corrected chi connectivity index (χ2v) is 8.46. The van der Waals surface area contributed by atoms with Crippen LogP contribution in [-0.4, -0.2) is 19.7 Å². The Balaban J connectivity index is 1.87. The number of aryl methyl sites for hydroxylation is 2. The Morgan fingerprint density at radius 3 is 2.63 bits per heavy atom. The highest BCUT2D eigenvalue weighted by atomic mass is 32.2. The van der Waals surface area contributed by atoms with E-state index in [-0.39, 0.29) is 0 Å². The Labute approximate surface area is 159 Å². The Bertz CT molecular complexity index is 1080. The lowest BCUT2D eigenvalue weighted by molar-refractivity contribution is 0.607. The molecule has 0 spiro atoms. The first-order valence-electron chi connectivity index (χ1n) is 8.82. The van der Waals surface area contributed by atoms with E-state index in [9.17, 15) is 8.42 Å². The van der Waals surface area contributed by atoms with Gasteiger partial charge in [-0.3, -0.25) is 9.71 Å². The van der Waals surface area contributed by atoms with E-state index in [0.29, 0.717) is 5.69 Å². The molecule has 0 fully saturated rings. The highest BCUT2D eigenvalue weighted by Gasteiger charge is 2.18. The van der Waals surface area contributed by atoms with Gasteiger partial charge in [-0.05, 0) is 59.4 Å². The third kappa shape index (κ3) is 3.93. The van der Waals surface area contributed by atoms with Crippen molar-refractivity contribution in [2.75, 3.05) is 11.0 Å². The molecule has 0 unspecified atom stereocenters. The first kappa shape index (κ1) is 17.5. The van der Waals surface area contributed by atoms with Gasteiger partial charge < -0.3 is 0 Å². The summed E-state index contributed by atoms with van der Waals surface area (Å²) in [4.78, 5) is 4.59. The molecule has 1 aromatic heterocycles. The van der Waals surface area contributed by atoms with Crippen LogP contribution in [0.4, 0.5) is 5.69 Å². The maximum absolute atomic E-state index is 11.5. The number of fused-ring (bicyclic) bond motifs is 2. The Morgan fingerprint density at radius 2 is 1.78 bits per heavy atom. The van der Waals surface area contributed by atoms with Crippen LogP contribution in [-0.2, 0) is 22.9 Å². The van der Waals surface area contributed by atoms with Crippen molar-refractivity contribution in [2.24, 2.45) is 0 Å². The Morgan fingerprint density at radius 1 is 0.963 bits per heavy atom. The standard InChI is InChI=1S/C22H20N2O2S/c1-27(25,26)24-18-8-4-6-16(14-18)15-21-19-9-3-2-7-17(19)11-12-22-20(21)10-5-13-23-22/h2-10,13-15,24H,11-12H2,1H3. The van der Waals surface area contributed by atoms with Gasteiger partial charge in [0, 0.05) is 23.1 Å². The minimum atomic E-state index is -3.31. The van der Waals surface area contributed by atoms with E-state index >= 15 is 0 Å². The first-order chi connectivity index (χ1) is 13.0. The molecule has 0 radical (unpaired) electrons. The minimum Gasteiger partial charge on any atom is -0.284 e. The SMILES string of the molecule is CS(=O)(=O)Nc1cccc(C=C2c3ccccc3CCc3ncccc32)c1. The fourth-order valence-corrected chi connectivity index (χ4v) is 4.06. The third-order valence-electron chi connectivity index (χ3n) is 4.62. The van der Waals surface area contributed by atoms with Crippen molar-refractivity contribution in [3.63, 3.8) is 0 Å². The molecule has 0 atom stereocenters. The molecule has 0 aliphatic heterocycles. The number of rotatable bonds is 3. The summed E-state index contributed by atoms with van der Waals surface area (Å²) < 4.78 is 25.6. The van der Waals surface area contributed by atoms with Crippen LogP contribution >= 0.6 is 0 Å². The van der Waals surface area contributed by atoms with Crippen molar-refractivity contribution in [3.8, 4) is 0 Å². The quantitative estimate of drug-likeness (QED) is 0.747. The molecule has 2 aromatic carbocycles. The molecule has 0 saturated carbocycles. The fraction of sp³-hybridized carbons (Fsp3) is 0.136. The van der Waals surface area contributed by atoms with Gasteiger partial charge in [0.1, 0.15) is 0 Å². The normalized spacial score (nSPS) is 14.9. The van der Waals surface area contributed by atoms with E-state index in [4.69, 9.17) is 0 Å². The molecule has 1 aliphatic rings. The molecule has 136 valence electrons. The van der Waals surface area contributed by atoms with Gasteiger partial charge in [0.05, 0.1) is 6.26 Å². The van der Waals surface area contributed by atoms with Gasteiger partial charge in [-0.2, -0.15) is 0 Å². The molecule has 1 N–H and O–H groups in total. The summed E-state index contributed by atoms with van der Waals surface area (Å²) in [5, 5.41) is 0. The molecular weight excluding hydrogens is 356 g/mol. The summed E-state index contributed by atoms with van der Waals surface area (Å²) in [6.45, 7) is 0. The van der Waals surface area contributed by atoms with Gasteiger partial charge in [0.25, 0.3) is 0 Å². The molecule has 5 heteroatoms. The van der Waals surface area contributed by atoms with Crippen LogP contribution in [0, 0.1) is 0 Å². The maximum Gasteiger partial charge on any atom is 0.229 e. The van der Waals surface area contributed by atoms with Crippen molar-refractivity contribution in [1.29, 1.82) is 0 Å². The van der Waals surface area contributed by atoms with Crippen molar-refractivity contribution in [1.82, 2.24) is 4.98 Å². The van der Waals surface area contributed by atoms with E-state index in [1.165, 1.54) is 11.1 Å². The van der Waals surface area contributed by atoms with Gasteiger partial charge in [0.15, 0.2) is 0 Å². The van der Waals surface area contributed by atoms with Gasteiger partial charge in [-0.25, -0.2) is 8.42 Å². The number of benzene rings is 2. The summed E-state index contributed by atoms with van der Waals surface area (Å²) in [5.41, 5.74) is 7.32. The number of anilines is 1. The molecule has 1 aliphatic carbocycles. The number of hydrogen-bond donors (Lipinski definition) is 1. The Hall–Kier alpha value is -2.92. The highest BCUT2D eigenvalue weighted by molar-refractivity contribution is 7.92. The van der Waals surface area contributed by atoms with E-state index < -0.39 is 10.0 Å². The second-order valence-electron chi connectivity index (χ2n) is 6.71. The van der Waals surface area contributed by atoms with E-state index in [1.54, 1.807) is 6.07 Å². The monoisotopic (exact) mass is 376 g/mol. The number of pyridine rings is 1. The smallest absolute Gasteiger partial charge is 0.229 e. The predicted molar refractivity (Wildman–Crippen MR) is 110 cm³/mol. The Kier molecular flexibility index (Phi) is 4.54. The summed E-state index contributed by atoms with van der Waals surface area (Å²) in [6, 6.07) is 19.9. The van der Waals surface area contributed by atoms with Crippen LogP contribution in [0.2, 0.25) is 0 Å². The lowest BCUT2D eigenvalue weighted by Gasteiger charge is -2.12. The van der Waals surface area contributed by atoms with Crippen molar-refractivity contribution < 1.29 is 8.42 Å². The van der Waals surface area contributed by atoms with Gasteiger partial charge >= 0.3 is 0 Å². The molecule has 0 bridgehead atoms. The number of sulfonamides is 1. The van der Waals surface area contributed by atoms with Crippen LogP contribution in [0.3, 0.4) is 0 Å². The molecule has 3 aromatic rings. The van der Waals surface area contributed by atoms with Crippen LogP contribution in [0.25, 0.3) is 11.6 Å². The molecule has 0 amide bonds. The average molecular weight is 376 g/mol. The molecule has 0 saturated heterocycles. The summed E-state index contributed by atoms with van der Waals surface area (Å²) in [6.07, 6.45) is 6.95. The van der Waals surface area contributed by atoms with Gasteiger partial charge in [-0.1, -0.05) is 42.5 Å². The summed E-state index contributed by atoms with van der Waals surface area (Å²) in [5.74, 6) is 0. The molecule has 4 nitrogen and oxygen atoms in total. The number of nitrogens with one attached hydrogen (secondary N) is 1. The van der Waals surface area contributed by atoms with Crippen LogP contribution in [0.5, 0.6) is 0 Å². The van der Waals surface area contributed by atoms with Crippen LogP contribution in [0.1, 0.15) is 27.9 Å². The largest absolute Gasteiger partial charge is 0.284 e. The summed E-state index contributed by atoms with van der Waals surface area (Å²) in [7, 11) is -3.31. The number of hydrogen-bond acceptors (Lipinski definition) is 3. The van der Waals surface area contributed by atoms with Crippen molar-refractivity contribution in [3.05, 3.63) is 94.8 Å². The minimum absolute atomic E-state index is 0.556. The topological polar surface area (TPSA) is 59.1 Å². The zero-order chi connectivity index (χ0) is 18.9. The number of nitrogens with zero attached hydrogens (tertiary/aromatic N) is 1. The lowest BCUT2D eigenvalue weighted by atomic mass is 9.93. The molecule has 27 heavy (non-hydrogen) atoms. The predicted octanol–water partition coefficient (Wildman–Crippen LogP) is 4.14. The van der Waals surface area contributed by atoms with Crippen LogP contribution < -0.4 is 4.72 Å². The van der Waals surface area contributed by atoms with Crippen molar-refractivity contribution in [2.45, 2.75) is 12.8 Å². The van der Waals surface area contributed by atoms with Gasteiger partial charge in [-0.15, -0.1) is 0 Å². The van der Waals surface area contributed by atoms with E-state index in [2.05, 4.69) is 46.1 Å². The molecule has 4 rings (SSSR count). The fourth-order valence-electron chi connectivity index (χ4n) is 3.51. The zero-order valence-electron chi connectivity index (χ0n) is 15.0. The van der Waals surface area contributed by atoms with Crippen LogP contribution in [0.15, 0.2) is 66.9 Å². The summed E-state index contributed by atoms with van der Waals surface area (Å²) >= 11 is 0. The highest BCUT2D eigenvalue weighted by Crippen LogP contribution is 2.34. The molecular formula is C22H20N2O2S. The first-order valence-corrected chi connectivity index (χ1v) is 10.7. The van der Waals surface area contributed by atoms with E-state index in [0.717, 1.165) is 41.5 Å². The average Bonchev–Trinajstić information content (AvgIpc) is 2.79. The lowest BCUT2D eigenvalue weighted by Crippen LogP contribution is -2.09.